The second kappa shape index (κ2) is 9.29. The van der Waals surface area contributed by atoms with Gasteiger partial charge in [-0.1, -0.05) is 48.0 Å². The minimum Gasteiger partial charge on any atom is -0.504 e. The van der Waals surface area contributed by atoms with E-state index < -0.39 is 16.1 Å². The lowest BCUT2D eigenvalue weighted by atomic mass is 9.87. The predicted octanol–water partition coefficient (Wildman–Crippen LogP) is 5.71. The van der Waals surface area contributed by atoms with E-state index in [1.807, 2.05) is 43.3 Å². The number of hydrogen-bond donors (Lipinski definition) is 1. The molecule has 2 unspecified atom stereocenters. The van der Waals surface area contributed by atoms with E-state index in [2.05, 4.69) is 0 Å². The van der Waals surface area contributed by atoms with Crippen molar-refractivity contribution < 1.29 is 27.7 Å². The number of fused-ring (bicyclic) bond motifs is 5. The molecule has 2 heterocycles. The number of phenols is 1. The SMILES string of the molecule is COc1ccc2c(c1)N(S(=O)(=O)c1ccc(C)cc1)CC1c3cc(O)c(OCc4ccccc4)cc3OC21. The maximum atomic E-state index is 13.9. The van der Waals surface area contributed by atoms with Crippen LogP contribution < -0.4 is 18.5 Å². The van der Waals surface area contributed by atoms with Crippen molar-refractivity contribution in [3.05, 3.63) is 107 Å². The number of methoxy groups -OCH3 is 1. The van der Waals surface area contributed by atoms with Gasteiger partial charge in [0.05, 0.1) is 17.7 Å². The third kappa shape index (κ3) is 4.11. The molecule has 2 atom stereocenters. The Bertz CT molecular complexity index is 1600. The average molecular weight is 530 g/mol. The first-order valence-electron chi connectivity index (χ1n) is 12.3. The molecule has 4 aromatic carbocycles. The molecule has 0 bridgehead atoms. The Balaban J connectivity index is 1.39. The van der Waals surface area contributed by atoms with Crippen molar-refractivity contribution in [1.82, 2.24) is 0 Å². The molecular weight excluding hydrogens is 502 g/mol. The van der Waals surface area contributed by atoms with Crippen molar-refractivity contribution in [2.75, 3.05) is 18.0 Å². The summed E-state index contributed by atoms with van der Waals surface area (Å²) >= 11 is 0. The normalized spacial score (nSPS) is 17.7. The molecule has 6 rings (SSSR count). The Hall–Kier alpha value is -4.17. The summed E-state index contributed by atoms with van der Waals surface area (Å²) in [6.45, 7) is 2.36. The summed E-state index contributed by atoms with van der Waals surface area (Å²) in [5.41, 5.74) is 3.94. The highest BCUT2D eigenvalue weighted by atomic mass is 32.2. The van der Waals surface area contributed by atoms with Crippen LogP contribution in [-0.2, 0) is 16.6 Å². The van der Waals surface area contributed by atoms with Gasteiger partial charge >= 0.3 is 0 Å². The zero-order chi connectivity index (χ0) is 26.4. The van der Waals surface area contributed by atoms with Crippen LogP contribution in [0.4, 0.5) is 5.69 Å². The predicted molar refractivity (Wildman–Crippen MR) is 144 cm³/mol. The first kappa shape index (κ1) is 24.2. The van der Waals surface area contributed by atoms with E-state index >= 15 is 0 Å². The van der Waals surface area contributed by atoms with Crippen molar-refractivity contribution in [2.24, 2.45) is 0 Å². The fourth-order valence-electron chi connectivity index (χ4n) is 5.11. The summed E-state index contributed by atoms with van der Waals surface area (Å²) in [6, 6.07) is 25.2. The fourth-order valence-corrected chi connectivity index (χ4v) is 6.62. The molecule has 7 nitrogen and oxygen atoms in total. The van der Waals surface area contributed by atoms with Crippen LogP contribution >= 0.6 is 0 Å². The number of ether oxygens (including phenoxy) is 3. The van der Waals surface area contributed by atoms with Gasteiger partial charge in [-0.15, -0.1) is 0 Å². The molecule has 0 aromatic heterocycles. The molecule has 1 N–H and O–H groups in total. The average Bonchev–Trinajstić information content (AvgIpc) is 3.29. The van der Waals surface area contributed by atoms with Crippen LogP contribution in [0.3, 0.4) is 0 Å². The monoisotopic (exact) mass is 529 g/mol. The summed E-state index contributed by atoms with van der Waals surface area (Å²) in [5, 5.41) is 10.8. The van der Waals surface area contributed by atoms with Gasteiger partial charge in [0.25, 0.3) is 10.0 Å². The minimum absolute atomic E-state index is 0.0163. The Morgan fingerprint density at radius 1 is 0.974 bits per heavy atom. The highest BCUT2D eigenvalue weighted by molar-refractivity contribution is 7.92. The minimum atomic E-state index is -3.88. The molecule has 0 radical (unpaired) electrons. The zero-order valence-electron chi connectivity index (χ0n) is 21.0. The van der Waals surface area contributed by atoms with Gasteiger partial charge in [0, 0.05) is 35.7 Å². The van der Waals surface area contributed by atoms with E-state index in [0.29, 0.717) is 29.5 Å². The van der Waals surface area contributed by atoms with E-state index in [1.54, 1.807) is 55.6 Å². The molecule has 2 aliphatic heterocycles. The molecule has 194 valence electrons. The molecule has 0 aliphatic carbocycles. The van der Waals surface area contributed by atoms with Crippen molar-refractivity contribution in [3.63, 3.8) is 0 Å². The molecule has 0 spiro atoms. The topological polar surface area (TPSA) is 85.3 Å². The number of hydrogen-bond acceptors (Lipinski definition) is 6. The van der Waals surface area contributed by atoms with Crippen molar-refractivity contribution in [2.45, 2.75) is 30.4 Å². The number of benzene rings is 4. The van der Waals surface area contributed by atoms with E-state index in [0.717, 1.165) is 22.3 Å². The second-order valence-electron chi connectivity index (χ2n) is 9.55. The molecule has 38 heavy (non-hydrogen) atoms. The zero-order valence-corrected chi connectivity index (χ0v) is 21.8. The van der Waals surface area contributed by atoms with Gasteiger partial charge in [0.1, 0.15) is 24.2 Å². The highest BCUT2D eigenvalue weighted by Gasteiger charge is 2.46. The van der Waals surface area contributed by atoms with Crippen LogP contribution in [0.5, 0.6) is 23.0 Å². The van der Waals surface area contributed by atoms with Gasteiger partial charge in [-0.3, -0.25) is 4.31 Å². The van der Waals surface area contributed by atoms with Crippen LogP contribution in [0.25, 0.3) is 0 Å². The first-order valence-corrected chi connectivity index (χ1v) is 13.8. The molecule has 0 fully saturated rings. The van der Waals surface area contributed by atoms with E-state index in [4.69, 9.17) is 14.2 Å². The Morgan fingerprint density at radius 2 is 1.74 bits per heavy atom. The first-order chi connectivity index (χ1) is 18.3. The number of aryl methyl sites for hydroxylation is 1. The molecule has 2 aliphatic rings. The maximum absolute atomic E-state index is 13.9. The van der Waals surface area contributed by atoms with Crippen LogP contribution in [-0.4, -0.2) is 27.2 Å². The number of anilines is 1. The molecule has 4 aromatic rings. The largest absolute Gasteiger partial charge is 0.504 e. The number of sulfonamides is 1. The van der Waals surface area contributed by atoms with Crippen LogP contribution in [0.2, 0.25) is 0 Å². The van der Waals surface area contributed by atoms with E-state index in [9.17, 15) is 13.5 Å². The van der Waals surface area contributed by atoms with Crippen LogP contribution in [0, 0.1) is 6.92 Å². The molecule has 0 saturated carbocycles. The number of phenolic OH excluding ortho intramolecular Hbond substituents is 1. The quantitative estimate of drug-likeness (QED) is 0.344. The maximum Gasteiger partial charge on any atom is 0.264 e. The summed E-state index contributed by atoms with van der Waals surface area (Å²) in [5.74, 6) is 1.09. The lowest BCUT2D eigenvalue weighted by molar-refractivity contribution is 0.206. The number of rotatable bonds is 6. The van der Waals surface area contributed by atoms with Gasteiger partial charge in [-0.2, -0.15) is 0 Å². The third-order valence-electron chi connectivity index (χ3n) is 7.13. The van der Waals surface area contributed by atoms with E-state index in [-0.39, 0.29) is 23.1 Å². The Labute approximate surface area is 221 Å². The van der Waals surface area contributed by atoms with Gasteiger partial charge in [0.2, 0.25) is 0 Å². The van der Waals surface area contributed by atoms with Gasteiger partial charge in [0.15, 0.2) is 11.5 Å². The summed E-state index contributed by atoms with van der Waals surface area (Å²) < 4.78 is 46.9. The van der Waals surface area contributed by atoms with Gasteiger partial charge < -0.3 is 19.3 Å². The van der Waals surface area contributed by atoms with Crippen molar-refractivity contribution in [1.29, 1.82) is 0 Å². The summed E-state index contributed by atoms with van der Waals surface area (Å²) in [4.78, 5) is 0.210. The molecule has 8 heteroatoms. The standard InChI is InChI=1S/C30H27NO6S/c1-19-8-11-22(12-9-19)38(33,34)31-17-25-24-15-27(32)29(36-18-20-6-4-3-5-7-20)16-28(24)37-30(25)23-13-10-21(35-2)14-26(23)31/h3-16,25,30,32H,17-18H2,1-2H3. The lowest BCUT2D eigenvalue weighted by Gasteiger charge is -2.36. The van der Waals surface area contributed by atoms with Crippen molar-refractivity contribution >= 4 is 15.7 Å². The number of nitrogens with zero attached hydrogens (tertiary/aromatic N) is 1. The smallest absolute Gasteiger partial charge is 0.264 e. The van der Waals surface area contributed by atoms with Crippen molar-refractivity contribution in [3.8, 4) is 23.0 Å². The highest BCUT2D eigenvalue weighted by Crippen LogP contribution is 2.55. The summed E-state index contributed by atoms with van der Waals surface area (Å²) in [7, 11) is -2.33. The molecular formula is C30H27NO6S. The summed E-state index contributed by atoms with van der Waals surface area (Å²) in [6.07, 6.45) is -0.417. The third-order valence-corrected chi connectivity index (χ3v) is 8.93. The molecule has 0 saturated heterocycles. The van der Waals surface area contributed by atoms with Gasteiger partial charge in [-0.05, 0) is 42.8 Å². The van der Waals surface area contributed by atoms with Crippen LogP contribution in [0.15, 0.2) is 89.8 Å². The second-order valence-corrected chi connectivity index (χ2v) is 11.4. The molecule has 0 amide bonds. The Kier molecular flexibility index (Phi) is 5.91. The number of aromatic hydroxyl groups is 1. The fraction of sp³-hybridized carbons (Fsp3) is 0.200. The Morgan fingerprint density at radius 3 is 2.47 bits per heavy atom. The van der Waals surface area contributed by atoms with Crippen LogP contribution in [0.1, 0.15) is 34.3 Å². The van der Waals surface area contributed by atoms with Gasteiger partial charge in [-0.25, -0.2) is 8.42 Å². The van der Waals surface area contributed by atoms with E-state index in [1.165, 1.54) is 4.31 Å². The lowest BCUT2D eigenvalue weighted by Crippen LogP contribution is -2.40.